The van der Waals surface area contributed by atoms with Crippen molar-refractivity contribution in [3.05, 3.63) is 46.0 Å². The van der Waals surface area contributed by atoms with Gasteiger partial charge in [-0.2, -0.15) is 0 Å². The first-order valence-corrected chi connectivity index (χ1v) is 7.51. The Hall–Kier alpha value is -1.55. The van der Waals surface area contributed by atoms with Crippen molar-refractivity contribution in [2.24, 2.45) is 0 Å². The van der Waals surface area contributed by atoms with Crippen LogP contribution >= 0.6 is 12.6 Å². The predicted molar refractivity (Wildman–Crippen MR) is 81.1 cm³/mol. The maximum Gasteiger partial charge on any atom is 0.210 e. The average molecular weight is 287 g/mol. The first-order valence-electron chi connectivity index (χ1n) is 7.06. The number of Topliss-reactive ketones (excluding diaryl/α,β-unsaturated/α-hetero) is 2. The van der Waals surface area contributed by atoms with Crippen LogP contribution in [0.25, 0.3) is 0 Å². The van der Waals surface area contributed by atoms with Gasteiger partial charge in [0.1, 0.15) is 5.70 Å². The zero-order valence-corrected chi connectivity index (χ0v) is 12.1. The van der Waals surface area contributed by atoms with Crippen LogP contribution < -0.4 is 5.32 Å². The molecule has 1 N–H and O–H groups in total. The van der Waals surface area contributed by atoms with Gasteiger partial charge in [0, 0.05) is 17.2 Å². The van der Waals surface area contributed by atoms with E-state index >= 15 is 0 Å². The molecule has 0 heterocycles. The number of allylic oxidation sites excluding steroid dienone is 2. The second-order valence-electron chi connectivity index (χ2n) is 5.41. The van der Waals surface area contributed by atoms with E-state index in [-0.39, 0.29) is 22.5 Å². The summed E-state index contributed by atoms with van der Waals surface area (Å²) in [5, 5.41) is 3.26. The lowest BCUT2D eigenvalue weighted by atomic mass is 9.90. The molecule has 2 aliphatic rings. The summed E-state index contributed by atoms with van der Waals surface area (Å²) in [5.74, 6) is -0.280. The number of rotatable bonds is 2. The molecule has 0 amide bonds. The molecule has 0 atom stereocenters. The SMILES string of the molecule is O=C1C(S)=C(NC2CCCCC2)C(=O)c2ccccc21. The second kappa shape index (κ2) is 5.44. The maximum atomic E-state index is 12.5. The molecular weight excluding hydrogens is 270 g/mol. The summed E-state index contributed by atoms with van der Waals surface area (Å²) in [5.41, 5.74) is 1.31. The molecule has 104 valence electrons. The Bertz CT molecular complexity index is 600. The number of hydrogen-bond donors (Lipinski definition) is 2. The zero-order valence-electron chi connectivity index (χ0n) is 11.2. The molecule has 4 heteroatoms. The van der Waals surface area contributed by atoms with Crippen LogP contribution in [0.2, 0.25) is 0 Å². The van der Waals surface area contributed by atoms with Crippen LogP contribution in [0, 0.1) is 0 Å². The van der Waals surface area contributed by atoms with Gasteiger partial charge >= 0.3 is 0 Å². The molecular formula is C16H17NO2S. The van der Waals surface area contributed by atoms with Crippen LogP contribution in [0.15, 0.2) is 34.9 Å². The highest BCUT2D eigenvalue weighted by atomic mass is 32.1. The normalized spacial score (nSPS) is 20.1. The maximum absolute atomic E-state index is 12.5. The molecule has 1 saturated carbocycles. The lowest BCUT2D eigenvalue weighted by molar-refractivity contribution is 0.0972. The van der Waals surface area contributed by atoms with Gasteiger partial charge in [-0.1, -0.05) is 43.5 Å². The van der Waals surface area contributed by atoms with Gasteiger partial charge in [0.25, 0.3) is 0 Å². The molecule has 20 heavy (non-hydrogen) atoms. The van der Waals surface area contributed by atoms with Crippen LogP contribution in [0.1, 0.15) is 52.8 Å². The van der Waals surface area contributed by atoms with Gasteiger partial charge in [0.2, 0.25) is 11.6 Å². The standard InChI is InChI=1S/C16H17NO2S/c18-14-11-8-4-5-9-12(11)15(19)16(20)13(14)17-10-6-2-1-3-7-10/h4-5,8-10,17,20H,1-3,6-7H2. The molecule has 0 aromatic heterocycles. The summed E-state index contributed by atoms with van der Waals surface area (Å²) >= 11 is 4.28. The van der Waals surface area contributed by atoms with Gasteiger partial charge in [-0.25, -0.2) is 0 Å². The first kappa shape index (κ1) is 13.4. The lowest BCUT2D eigenvalue weighted by Crippen LogP contribution is -2.37. The Morgan fingerprint density at radius 1 is 0.950 bits per heavy atom. The third-order valence-corrected chi connectivity index (χ3v) is 4.48. The number of hydrogen-bond acceptors (Lipinski definition) is 4. The minimum atomic E-state index is -0.165. The van der Waals surface area contributed by atoms with Gasteiger partial charge < -0.3 is 5.32 Å². The van der Waals surface area contributed by atoms with E-state index < -0.39 is 0 Å². The smallest absolute Gasteiger partial charge is 0.210 e. The molecule has 0 spiro atoms. The van der Waals surface area contributed by atoms with Crippen LogP contribution in [0.5, 0.6) is 0 Å². The molecule has 2 aliphatic carbocycles. The molecule has 1 fully saturated rings. The number of benzene rings is 1. The molecule has 0 bridgehead atoms. The van der Waals surface area contributed by atoms with Gasteiger partial charge in [0.05, 0.1) is 4.91 Å². The Balaban J connectivity index is 1.92. The fourth-order valence-electron chi connectivity index (χ4n) is 2.95. The minimum absolute atomic E-state index is 0.115. The van der Waals surface area contributed by atoms with E-state index in [0.29, 0.717) is 16.8 Å². The van der Waals surface area contributed by atoms with E-state index in [0.717, 1.165) is 12.8 Å². The van der Waals surface area contributed by atoms with E-state index in [2.05, 4.69) is 17.9 Å². The highest BCUT2D eigenvalue weighted by molar-refractivity contribution is 7.85. The zero-order chi connectivity index (χ0) is 14.1. The molecule has 0 aliphatic heterocycles. The molecule has 0 unspecified atom stereocenters. The Kier molecular flexibility index (Phi) is 3.66. The third-order valence-electron chi connectivity index (χ3n) is 4.05. The fourth-order valence-corrected chi connectivity index (χ4v) is 3.23. The minimum Gasteiger partial charge on any atom is -0.378 e. The van der Waals surface area contributed by atoms with E-state index in [4.69, 9.17) is 0 Å². The summed E-state index contributed by atoms with van der Waals surface area (Å²) in [6.45, 7) is 0. The molecule has 1 aromatic rings. The topological polar surface area (TPSA) is 46.2 Å². The molecule has 3 rings (SSSR count). The summed E-state index contributed by atoms with van der Waals surface area (Å²) in [6, 6.07) is 7.22. The summed E-state index contributed by atoms with van der Waals surface area (Å²) in [7, 11) is 0. The van der Waals surface area contributed by atoms with Crippen molar-refractivity contribution in [2.75, 3.05) is 0 Å². The molecule has 0 saturated heterocycles. The second-order valence-corrected chi connectivity index (χ2v) is 5.85. The molecule has 0 radical (unpaired) electrons. The number of ketones is 2. The van der Waals surface area contributed by atoms with Crippen LogP contribution in [0.3, 0.4) is 0 Å². The Morgan fingerprint density at radius 3 is 2.20 bits per heavy atom. The third kappa shape index (κ3) is 2.29. The Labute approximate surface area is 123 Å². The van der Waals surface area contributed by atoms with Gasteiger partial charge in [-0.15, -0.1) is 12.6 Å². The number of carbonyl (C=O) groups is 2. The van der Waals surface area contributed by atoms with Crippen molar-refractivity contribution in [3.8, 4) is 0 Å². The van der Waals surface area contributed by atoms with E-state index in [1.54, 1.807) is 24.3 Å². The van der Waals surface area contributed by atoms with E-state index in [1.165, 1.54) is 19.3 Å². The van der Waals surface area contributed by atoms with Crippen molar-refractivity contribution in [1.82, 2.24) is 5.32 Å². The Morgan fingerprint density at radius 2 is 1.55 bits per heavy atom. The van der Waals surface area contributed by atoms with Crippen molar-refractivity contribution in [3.63, 3.8) is 0 Å². The number of thiol groups is 1. The van der Waals surface area contributed by atoms with Crippen molar-refractivity contribution < 1.29 is 9.59 Å². The fraction of sp³-hybridized carbons (Fsp3) is 0.375. The van der Waals surface area contributed by atoms with Gasteiger partial charge in [-0.3, -0.25) is 9.59 Å². The van der Waals surface area contributed by atoms with Crippen molar-refractivity contribution >= 4 is 24.2 Å². The predicted octanol–water partition coefficient (Wildman–Crippen LogP) is 3.13. The largest absolute Gasteiger partial charge is 0.378 e. The van der Waals surface area contributed by atoms with Crippen LogP contribution in [0.4, 0.5) is 0 Å². The average Bonchev–Trinajstić information content (AvgIpc) is 2.50. The quantitative estimate of drug-likeness (QED) is 0.822. The molecule has 3 nitrogen and oxygen atoms in total. The highest BCUT2D eigenvalue weighted by Gasteiger charge is 2.31. The number of carbonyl (C=O) groups excluding carboxylic acids is 2. The van der Waals surface area contributed by atoms with E-state index in [1.807, 2.05) is 0 Å². The summed E-state index contributed by atoms with van der Waals surface area (Å²) < 4.78 is 0. The van der Waals surface area contributed by atoms with E-state index in [9.17, 15) is 9.59 Å². The monoisotopic (exact) mass is 287 g/mol. The first-order chi connectivity index (χ1) is 9.68. The number of fused-ring (bicyclic) bond motifs is 1. The van der Waals surface area contributed by atoms with Crippen molar-refractivity contribution in [2.45, 2.75) is 38.1 Å². The summed E-state index contributed by atoms with van der Waals surface area (Å²) in [4.78, 5) is 25.1. The van der Waals surface area contributed by atoms with Crippen molar-refractivity contribution in [1.29, 1.82) is 0 Å². The van der Waals surface area contributed by atoms with Gasteiger partial charge in [0.15, 0.2) is 0 Å². The number of nitrogens with one attached hydrogen (secondary N) is 1. The van der Waals surface area contributed by atoms with Crippen LogP contribution in [-0.2, 0) is 0 Å². The lowest BCUT2D eigenvalue weighted by Gasteiger charge is -2.27. The molecule has 1 aromatic carbocycles. The van der Waals surface area contributed by atoms with Crippen LogP contribution in [-0.4, -0.2) is 17.6 Å². The highest BCUT2D eigenvalue weighted by Crippen LogP contribution is 2.28. The summed E-state index contributed by atoms with van der Waals surface area (Å²) in [6.07, 6.45) is 5.69. The van der Waals surface area contributed by atoms with Gasteiger partial charge in [-0.05, 0) is 12.8 Å².